The summed E-state index contributed by atoms with van der Waals surface area (Å²) in [7, 11) is 1.60. The zero-order valence-corrected chi connectivity index (χ0v) is 19.5. The van der Waals surface area contributed by atoms with Gasteiger partial charge in [-0.05, 0) is 69.9 Å². The standard InChI is InChI=1S/C26H23BrN2O3/c1-18-3-5-20(6-4-18)17-32-25-12-9-21(14-24(25)27)13-22(15-28)26(30)29-16-19-7-10-23(31-2)11-8-19/h3-14H,16-17H2,1-2H3,(H,29,30)/b22-13-. The van der Waals surface area contributed by atoms with Crippen molar-refractivity contribution in [3.8, 4) is 17.6 Å². The molecule has 0 aromatic heterocycles. The number of hydrogen-bond donors (Lipinski definition) is 1. The smallest absolute Gasteiger partial charge is 0.262 e. The molecule has 32 heavy (non-hydrogen) atoms. The predicted molar refractivity (Wildman–Crippen MR) is 128 cm³/mol. The lowest BCUT2D eigenvalue weighted by Gasteiger charge is -2.10. The van der Waals surface area contributed by atoms with Crippen LogP contribution in [0, 0.1) is 18.3 Å². The van der Waals surface area contributed by atoms with E-state index in [4.69, 9.17) is 9.47 Å². The van der Waals surface area contributed by atoms with Gasteiger partial charge in [0, 0.05) is 6.54 Å². The molecule has 0 unspecified atom stereocenters. The number of ether oxygens (including phenoxy) is 2. The van der Waals surface area contributed by atoms with Crippen LogP contribution in [0.1, 0.15) is 22.3 Å². The van der Waals surface area contributed by atoms with Crippen LogP contribution in [0.25, 0.3) is 6.08 Å². The number of amides is 1. The Labute approximate surface area is 196 Å². The molecule has 5 nitrogen and oxygen atoms in total. The normalized spacial score (nSPS) is 10.9. The van der Waals surface area contributed by atoms with Gasteiger partial charge in [0.1, 0.15) is 29.7 Å². The molecule has 0 aliphatic rings. The zero-order valence-electron chi connectivity index (χ0n) is 17.9. The minimum absolute atomic E-state index is 0.0266. The third-order valence-corrected chi connectivity index (χ3v) is 5.38. The summed E-state index contributed by atoms with van der Waals surface area (Å²) in [5, 5.41) is 12.2. The van der Waals surface area contributed by atoms with Crippen LogP contribution in [0.4, 0.5) is 0 Å². The van der Waals surface area contributed by atoms with Gasteiger partial charge >= 0.3 is 0 Å². The number of rotatable bonds is 8. The van der Waals surface area contributed by atoms with Crippen LogP contribution in [-0.4, -0.2) is 13.0 Å². The summed E-state index contributed by atoms with van der Waals surface area (Å²) < 4.78 is 11.7. The molecule has 0 atom stereocenters. The molecule has 0 spiro atoms. The van der Waals surface area contributed by atoms with Crippen molar-refractivity contribution in [2.45, 2.75) is 20.1 Å². The Bertz CT molecular complexity index is 1150. The largest absolute Gasteiger partial charge is 0.497 e. The van der Waals surface area contributed by atoms with E-state index in [1.54, 1.807) is 13.2 Å². The van der Waals surface area contributed by atoms with Gasteiger partial charge in [-0.15, -0.1) is 0 Å². The van der Waals surface area contributed by atoms with Crippen molar-refractivity contribution in [2.24, 2.45) is 0 Å². The van der Waals surface area contributed by atoms with E-state index >= 15 is 0 Å². The summed E-state index contributed by atoms with van der Waals surface area (Å²) >= 11 is 3.51. The van der Waals surface area contributed by atoms with E-state index in [1.807, 2.05) is 79.7 Å². The Morgan fingerprint density at radius 2 is 1.75 bits per heavy atom. The highest BCUT2D eigenvalue weighted by atomic mass is 79.9. The topological polar surface area (TPSA) is 71.3 Å². The highest BCUT2D eigenvalue weighted by Crippen LogP contribution is 2.28. The molecule has 0 radical (unpaired) electrons. The number of carbonyl (C=O) groups excluding carboxylic acids is 1. The van der Waals surface area contributed by atoms with Crippen molar-refractivity contribution in [1.29, 1.82) is 5.26 Å². The number of halogens is 1. The fourth-order valence-corrected chi connectivity index (χ4v) is 3.42. The van der Waals surface area contributed by atoms with Crippen molar-refractivity contribution in [3.05, 3.63) is 99.0 Å². The molecule has 0 bridgehead atoms. The van der Waals surface area contributed by atoms with Crippen molar-refractivity contribution >= 4 is 27.9 Å². The summed E-state index contributed by atoms with van der Waals surface area (Å²) in [4.78, 5) is 12.4. The van der Waals surface area contributed by atoms with Gasteiger partial charge in [-0.25, -0.2) is 0 Å². The van der Waals surface area contributed by atoms with Crippen molar-refractivity contribution in [2.75, 3.05) is 7.11 Å². The van der Waals surface area contributed by atoms with Gasteiger partial charge in [0.05, 0.1) is 11.6 Å². The lowest BCUT2D eigenvalue weighted by atomic mass is 10.1. The number of hydrogen-bond acceptors (Lipinski definition) is 4. The van der Waals surface area contributed by atoms with Crippen LogP contribution >= 0.6 is 15.9 Å². The van der Waals surface area contributed by atoms with Crippen LogP contribution in [-0.2, 0) is 17.9 Å². The first-order valence-corrected chi connectivity index (χ1v) is 10.8. The molecule has 1 N–H and O–H groups in total. The third kappa shape index (κ3) is 6.47. The van der Waals surface area contributed by atoms with E-state index in [0.29, 0.717) is 18.9 Å². The molecule has 0 fully saturated rings. The summed E-state index contributed by atoms with van der Waals surface area (Å²) in [6.45, 7) is 2.81. The van der Waals surface area contributed by atoms with Gasteiger partial charge < -0.3 is 14.8 Å². The summed E-state index contributed by atoms with van der Waals surface area (Å²) in [6.07, 6.45) is 1.55. The molecular formula is C26H23BrN2O3. The van der Waals surface area contributed by atoms with E-state index in [0.717, 1.165) is 26.9 Å². The predicted octanol–water partition coefficient (Wildman–Crippen LogP) is 5.57. The van der Waals surface area contributed by atoms with E-state index in [1.165, 1.54) is 5.56 Å². The minimum Gasteiger partial charge on any atom is -0.497 e. The lowest BCUT2D eigenvalue weighted by Crippen LogP contribution is -2.23. The van der Waals surface area contributed by atoms with E-state index in [2.05, 4.69) is 21.2 Å². The minimum atomic E-state index is -0.431. The molecule has 162 valence electrons. The Balaban J connectivity index is 1.62. The number of carbonyl (C=O) groups is 1. The SMILES string of the molecule is COc1ccc(CNC(=O)/C(C#N)=C\c2ccc(OCc3ccc(C)cc3)c(Br)c2)cc1. The van der Waals surface area contributed by atoms with Gasteiger partial charge in [-0.1, -0.05) is 48.0 Å². The third-order valence-electron chi connectivity index (χ3n) is 4.76. The molecule has 3 aromatic carbocycles. The van der Waals surface area contributed by atoms with Gasteiger partial charge in [-0.3, -0.25) is 4.79 Å². The van der Waals surface area contributed by atoms with Crippen molar-refractivity contribution in [3.63, 3.8) is 0 Å². The van der Waals surface area contributed by atoms with Crippen molar-refractivity contribution in [1.82, 2.24) is 5.32 Å². The van der Waals surface area contributed by atoms with Crippen LogP contribution in [0.15, 0.2) is 76.8 Å². The van der Waals surface area contributed by atoms with Gasteiger partial charge in [0.25, 0.3) is 5.91 Å². The first-order valence-electron chi connectivity index (χ1n) is 9.99. The van der Waals surface area contributed by atoms with E-state index in [-0.39, 0.29) is 5.57 Å². The number of benzene rings is 3. The molecule has 3 rings (SSSR count). The Morgan fingerprint density at radius 3 is 2.38 bits per heavy atom. The molecule has 0 aliphatic heterocycles. The first-order chi connectivity index (χ1) is 15.5. The van der Waals surface area contributed by atoms with Crippen LogP contribution < -0.4 is 14.8 Å². The number of nitrogens with zero attached hydrogens (tertiary/aromatic N) is 1. The summed E-state index contributed by atoms with van der Waals surface area (Å²) in [5.41, 5.74) is 3.93. The maximum absolute atomic E-state index is 12.4. The van der Waals surface area contributed by atoms with Crippen molar-refractivity contribution < 1.29 is 14.3 Å². The Kier molecular flexibility index (Phi) is 8.07. The number of nitriles is 1. The molecule has 1 amide bonds. The van der Waals surface area contributed by atoms with Crippen LogP contribution in [0.2, 0.25) is 0 Å². The Morgan fingerprint density at radius 1 is 1.06 bits per heavy atom. The second kappa shape index (κ2) is 11.2. The molecule has 0 saturated carbocycles. The fraction of sp³-hybridized carbons (Fsp3) is 0.154. The maximum atomic E-state index is 12.4. The number of nitrogens with one attached hydrogen (secondary N) is 1. The Hall–Kier alpha value is -3.56. The second-order valence-corrected chi connectivity index (χ2v) is 8.02. The first kappa shape index (κ1) is 23.1. The molecule has 0 heterocycles. The molecule has 0 aliphatic carbocycles. The summed E-state index contributed by atoms with van der Waals surface area (Å²) in [5.74, 6) is 0.999. The average molecular weight is 491 g/mol. The molecule has 6 heteroatoms. The molecule has 0 saturated heterocycles. The number of methoxy groups -OCH3 is 1. The molecule has 3 aromatic rings. The average Bonchev–Trinajstić information content (AvgIpc) is 2.81. The fourth-order valence-electron chi connectivity index (χ4n) is 2.91. The monoisotopic (exact) mass is 490 g/mol. The highest BCUT2D eigenvalue weighted by Gasteiger charge is 2.10. The summed E-state index contributed by atoms with van der Waals surface area (Å²) in [6, 6.07) is 22.9. The van der Waals surface area contributed by atoms with Gasteiger partial charge in [0.15, 0.2) is 0 Å². The van der Waals surface area contributed by atoms with Crippen LogP contribution in [0.3, 0.4) is 0 Å². The van der Waals surface area contributed by atoms with E-state index in [9.17, 15) is 10.1 Å². The van der Waals surface area contributed by atoms with E-state index < -0.39 is 5.91 Å². The lowest BCUT2D eigenvalue weighted by molar-refractivity contribution is -0.117. The quantitative estimate of drug-likeness (QED) is 0.331. The zero-order chi connectivity index (χ0) is 22.9. The highest BCUT2D eigenvalue weighted by molar-refractivity contribution is 9.10. The number of aryl methyl sites for hydroxylation is 1. The second-order valence-electron chi connectivity index (χ2n) is 7.16. The van der Waals surface area contributed by atoms with Gasteiger partial charge in [-0.2, -0.15) is 5.26 Å². The maximum Gasteiger partial charge on any atom is 0.262 e. The molecular weight excluding hydrogens is 468 g/mol. The van der Waals surface area contributed by atoms with Gasteiger partial charge in [0.2, 0.25) is 0 Å². The van der Waals surface area contributed by atoms with Crippen LogP contribution in [0.5, 0.6) is 11.5 Å².